The number of likely N-dealkylation sites (tertiary alicyclic amines) is 1. The number of rotatable bonds is 6. The molecule has 134 valence electrons. The zero-order chi connectivity index (χ0) is 18.0. The molecule has 0 unspecified atom stereocenters. The summed E-state index contributed by atoms with van der Waals surface area (Å²) in [6.45, 7) is 4.71. The zero-order valence-electron chi connectivity index (χ0n) is 14.7. The average molecular weight is 346 g/mol. The standard InChI is InChI=1S/C16H22N6O3/c1-4-13-19-14(25-20-13)5-6-15(23)22-8-11(9-22)16(24)18-12-7-17-21(3)10(12)2/h7,11H,4-6,8-9H2,1-3H3,(H,18,24). The minimum Gasteiger partial charge on any atom is -0.341 e. The molecule has 1 saturated heterocycles. The minimum absolute atomic E-state index is 0.00198. The van der Waals surface area contributed by atoms with Gasteiger partial charge in [0.2, 0.25) is 17.7 Å². The van der Waals surface area contributed by atoms with Crippen molar-refractivity contribution in [3.8, 4) is 0 Å². The number of nitrogens with zero attached hydrogens (tertiary/aromatic N) is 5. The van der Waals surface area contributed by atoms with Crippen LogP contribution in [0.25, 0.3) is 0 Å². The van der Waals surface area contributed by atoms with Crippen LogP contribution in [-0.2, 0) is 29.5 Å². The highest BCUT2D eigenvalue weighted by atomic mass is 16.5. The van der Waals surface area contributed by atoms with E-state index in [0.717, 1.165) is 5.69 Å². The van der Waals surface area contributed by atoms with E-state index in [2.05, 4.69) is 20.6 Å². The molecule has 1 N–H and O–H groups in total. The van der Waals surface area contributed by atoms with Gasteiger partial charge in [-0.3, -0.25) is 14.3 Å². The maximum absolute atomic E-state index is 12.2. The quantitative estimate of drug-likeness (QED) is 0.825. The lowest BCUT2D eigenvalue weighted by atomic mass is 9.98. The van der Waals surface area contributed by atoms with E-state index in [1.165, 1.54) is 0 Å². The fourth-order valence-corrected chi connectivity index (χ4v) is 2.61. The number of nitrogens with one attached hydrogen (secondary N) is 1. The Labute approximate surface area is 145 Å². The van der Waals surface area contributed by atoms with E-state index in [9.17, 15) is 9.59 Å². The van der Waals surface area contributed by atoms with Gasteiger partial charge in [0.1, 0.15) is 0 Å². The molecule has 3 heterocycles. The molecule has 0 aliphatic carbocycles. The molecule has 0 saturated carbocycles. The number of amides is 2. The molecule has 0 radical (unpaired) electrons. The predicted octanol–water partition coefficient (Wildman–Crippen LogP) is 0.704. The SMILES string of the molecule is CCc1noc(CCC(=O)N2CC(C(=O)Nc3cnn(C)c3C)C2)n1. The number of carbonyl (C=O) groups is 2. The molecule has 9 nitrogen and oxygen atoms in total. The second-order valence-corrected chi connectivity index (χ2v) is 6.21. The summed E-state index contributed by atoms with van der Waals surface area (Å²) in [6.07, 6.45) is 3.07. The lowest BCUT2D eigenvalue weighted by molar-refractivity contribution is -0.141. The van der Waals surface area contributed by atoms with Crippen molar-refractivity contribution in [2.24, 2.45) is 13.0 Å². The largest absolute Gasteiger partial charge is 0.341 e. The van der Waals surface area contributed by atoms with Gasteiger partial charge in [-0.2, -0.15) is 10.1 Å². The Hall–Kier alpha value is -2.71. The molecule has 0 aromatic carbocycles. The Morgan fingerprint density at radius 1 is 1.40 bits per heavy atom. The molecule has 1 fully saturated rings. The van der Waals surface area contributed by atoms with Gasteiger partial charge in [-0.05, 0) is 6.92 Å². The fraction of sp³-hybridized carbons (Fsp3) is 0.562. The van der Waals surface area contributed by atoms with E-state index < -0.39 is 0 Å². The number of carbonyl (C=O) groups excluding carboxylic acids is 2. The number of anilines is 1. The van der Waals surface area contributed by atoms with Crippen LogP contribution in [0.1, 0.15) is 30.8 Å². The summed E-state index contributed by atoms with van der Waals surface area (Å²) < 4.78 is 6.77. The molecule has 0 bridgehead atoms. The van der Waals surface area contributed by atoms with Crippen molar-refractivity contribution in [1.29, 1.82) is 0 Å². The van der Waals surface area contributed by atoms with Gasteiger partial charge >= 0.3 is 0 Å². The van der Waals surface area contributed by atoms with Gasteiger partial charge in [0.25, 0.3) is 0 Å². The number of aromatic nitrogens is 4. The normalized spacial score (nSPS) is 14.4. The van der Waals surface area contributed by atoms with E-state index in [1.807, 2.05) is 20.9 Å². The Morgan fingerprint density at radius 3 is 2.76 bits per heavy atom. The summed E-state index contributed by atoms with van der Waals surface area (Å²) in [5.74, 6) is 0.863. The second kappa shape index (κ2) is 7.04. The molecule has 1 aliphatic heterocycles. The van der Waals surface area contributed by atoms with Crippen LogP contribution in [0.2, 0.25) is 0 Å². The molecule has 9 heteroatoms. The second-order valence-electron chi connectivity index (χ2n) is 6.21. The topological polar surface area (TPSA) is 106 Å². The van der Waals surface area contributed by atoms with Crippen LogP contribution in [0, 0.1) is 12.8 Å². The third kappa shape index (κ3) is 3.70. The third-order valence-corrected chi connectivity index (χ3v) is 4.48. The van der Waals surface area contributed by atoms with E-state index in [-0.39, 0.29) is 17.7 Å². The van der Waals surface area contributed by atoms with Crippen molar-refractivity contribution >= 4 is 17.5 Å². The van der Waals surface area contributed by atoms with E-state index >= 15 is 0 Å². The summed E-state index contributed by atoms with van der Waals surface area (Å²) in [7, 11) is 1.82. The van der Waals surface area contributed by atoms with Crippen molar-refractivity contribution in [1.82, 2.24) is 24.8 Å². The van der Waals surface area contributed by atoms with Crippen LogP contribution < -0.4 is 5.32 Å². The van der Waals surface area contributed by atoms with Crippen LogP contribution in [-0.4, -0.2) is 49.7 Å². The van der Waals surface area contributed by atoms with Crippen LogP contribution >= 0.6 is 0 Å². The molecule has 2 aromatic heterocycles. The summed E-state index contributed by atoms with van der Waals surface area (Å²) in [5, 5.41) is 10.8. The van der Waals surface area contributed by atoms with Gasteiger partial charge < -0.3 is 14.7 Å². The summed E-state index contributed by atoms with van der Waals surface area (Å²) in [6, 6.07) is 0. The number of hydrogen-bond donors (Lipinski definition) is 1. The van der Waals surface area contributed by atoms with Gasteiger partial charge in [-0.25, -0.2) is 0 Å². The number of hydrogen-bond acceptors (Lipinski definition) is 6. The molecule has 2 aromatic rings. The highest BCUT2D eigenvalue weighted by Gasteiger charge is 2.35. The molecule has 1 aliphatic rings. The monoisotopic (exact) mass is 346 g/mol. The van der Waals surface area contributed by atoms with Crippen molar-refractivity contribution in [3.63, 3.8) is 0 Å². The minimum atomic E-state index is -0.182. The van der Waals surface area contributed by atoms with Gasteiger partial charge in [0.15, 0.2) is 5.82 Å². The number of aryl methyl sites for hydroxylation is 3. The Kier molecular flexibility index (Phi) is 4.82. The molecule has 0 atom stereocenters. The molecule has 25 heavy (non-hydrogen) atoms. The molecule has 2 amide bonds. The van der Waals surface area contributed by atoms with Gasteiger partial charge in [-0.1, -0.05) is 12.1 Å². The maximum Gasteiger partial charge on any atom is 0.231 e. The molecular formula is C16H22N6O3. The van der Waals surface area contributed by atoms with E-state index in [1.54, 1.807) is 15.8 Å². The smallest absolute Gasteiger partial charge is 0.231 e. The van der Waals surface area contributed by atoms with Crippen molar-refractivity contribution in [2.75, 3.05) is 18.4 Å². The lowest BCUT2D eigenvalue weighted by Crippen LogP contribution is -2.54. The van der Waals surface area contributed by atoms with Gasteiger partial charge in [-0.15, -0.1) is 0 Å². The molecule has 3 rings (SSSR count). The summed E-state index contributed by atoms with van der Waals surface area (Å²) in [5.41, 5.74) is 1.60. The molecular weight excluding hydrogens is 324 g/mol. The predicted molar refractivity (Wildman–Crippen MR) is 88.6 cm³/mol. The maximum atomic E-state index is 12.2. The van der Waals surface area contributed by atoms with Gasteiger partial charge in [0, 0.05) is 39.4 Å². The highest BCUT2D eigenvalue weighted by molar-refractivity contribution is 5.95. The first-order valence-corrected chi connectivity index (χ1v) is 8.36. The summed E-state index contributed by atoms with van der Waals surface area (Å²) >= 11 is 0. The first kappa shape index (κ1) is 17.1. The van der Waals surface area contributed by atoms with E-state index in [0.29, 0.717) is 49.8 Å². The van der Waals surface area contributed by atoms with Crippen LogP contribution in [0.5, 0.6) is 0 Å². The highest BCUT2D eigenvalue weighted by Crippen LogP contribution is 2.20. The Balaban J connectivity index is 1.42. The van der Waals surface area contributed by atoms with Gasteiger partial charge in [0.05, 0.1) is 23.5 Å². The first-order valence-electron chi connectivity index (χ1n) is 8.36. The average Bonchev–Trinajstić information content (AvgIpc) is 3.13. The van der Waals surface area contributed by atoms with Crippen LogP contribution in [0.15, 0.2) is 10.7 Å². The third-order valence-electron chi connectivity index (χ3n) is 4.48. The molecule has 0 spiro atoms. The first-order chi connectivity index (χ1) is 12.0. The van der Waals surface area contributed by atoms with Crippen molar-refractivity contribution < 1.29 is 14.1 Å². The summed E-state index contributed by atoms with van der Waals surface area (Å²) in [4.78, 5) is 30.2. The fourth-order valence-electron chi connectivity index (χ4n) is 2.61. The van der Waals surface area contributed by atoms with E-state index in [4.69, 9.17) is 4.52 Å². The Morgan fingerprint density at radius 2 is 2.16 bits per heavy atom. The lowest BCUT2D eigenvalue weighted by Gasteiger charge is -2.38. The zero-order valence-corrected chi connectivity index (χ0v) is 14.7. The Bertz CT molecular complexity index is 775. The van der Waals surface area contributed by atoms with Crippen LogP contribution in [0.3, 0.4) is 0 Å². The van der Waals surface area contributed by atoms with Crippen LogP contribution in [0.4, 0.5) is 5.69 Å². The van der Waals surface area contributed by atoms with Crippen molar-refractivity contribution in [3.05, 3.63) is 23.6 Å². The van der Waals surface area contributed by atoms with Crippen molar-refractivity contribution in [2.45, 2.75) is 33.1 Å².